The number of nitrogens with zero attached hydrogens (tertiary/aromatic N) is 5. The SMILES string of the molecule is Cc1cnc2n1[C@@H](c1ccc(C#N)cc1)CC[C@@H]2N1CCN(c2cccc(Cl)c2)C(=O)C1. The van der Waals surface area contributed by atoms with Gasteiger partial charge in [-0.1, -0.05) is 29.8 Å². The summed E-state index contributed by atoms with van der Waals surface area (Å²) in [6.45, 7) is 3.87. The highest BCUT2D eigenvalue weighted by molar-refractivity contribution is 6.30. The van der Waals surface area contributed by atoms with E-state index in [1.807, 2.05) is 59.6 Å². The standard InChI is InChI=1S/C25H24ClN5O/c1-17-15-28-25-23(10-9-22(31(17)25)19-7-5-18(14-27)6-8-19)29-11-12-30(24(32)16-29)21-4-2-3-20(26)13-21/h2-8,13,15,22-23H,9-12,16H2,1H3/t22-,23+/m1/s1. The van der Waals surface area contributed by atoms with Crippen molar-refractivity contribution >= 4 is 23.2 Å². The number of fused-ring (bicyclic) bond motifs is 1. The largest absolute Gasteiger partial charge is 0.324 e. The van der Waals surface area contributed by atoms with Crippen LogP contribution in [0.4, 0.5) is 5.69 Å². The Balaban J connectivity index is 1.38. The highest BCUT2D eigenvalue weighted by atomic mass is 35.5. The van der Waals surface area contributed by atoms with E-state index in [1.165, 1.54) is 5.56 Å². The lowest BCUT2D eigenvalue weighted by Gasteiger charge is -2.42. The van der Waals surface area contributed by atoms with Crippen LogP contribution in [0.3, 0.4) is 0 Å². The van der Waals surface area contributed by atoms with Crippen molar-refractivity contribution in [3.63, 3.8) is 0 Å². The van der Waals surface area contributed by atoms with Gasteiger partial charge < -0.3 is 9.47 Å². The first-order chi connectivity index (χ1) is 15.5. The molecule has 3 heterocycles. The minimum atomic E-state index is 0.0857. The van der Waals surface area contributed by atoms with E-state index in [0.717, 1.165) is 36.6 Å². The molecular weight excluding hydrogens is 422 g/mol. The number of imidazole rings is 1. The van der Waals surface area contributed by atoms with Gasteiger partial charge in [-0.2, -0.15) is 5.26 Å². The predicted molar refractivity (Wildman–Crippen MR) is 124 cm³/mol. The number of hydrogen-bond donors (Lipinski definition) is 0. The number of piperazine rings is 1. The predicted octanol–water partition coefficient (Wildman–Crippen LogP) is 4.49. The number of anilines is 1. The Morgan fingerprint density at radius 1 is 1.09 bits per heavy atom. The lowest BCUT2D eigenvalue weighted by molar-refractivity contribution is -0.122. The van der Waals surface area contributed by atoms with Crippen LogP contribution in [0.2, 0.25) is 5.02 Å². The molecule has 1 fully saturated rings. The maximum atomic E-state index is 13.0. The number of benzene rings is 2. The Kier molecular flexibility index (Phi) is 5.46. The summed E-state index contributed by atoms with van der Waals surface area (Å²) in [5.41, 5.74) is 3.82. The fourth-order valence-electron chi connectivity index (χ4n) is 5.01. The molecule has 3 aromatic rings. The molecule has 5 rings (SSSR count). The molecule has 0 saturated carbocycles. The monoisotopic (exact) mass is 445 g/mol. The summed E-state index contributed by atoms with van der Waals surface area (Å²) in [6.07, 6.45) is 3.82. The second kappa shape index (κ2) is 8.42. The summed E-state index contributed by atoms with van der Waals surface area (Å²) in [5.74, 6) is 1.11. The third-order valence-corrected chi connectivity index (χ3v) is 6.80. The van der Waals surface area contributed by atoms with Gasteiger partial charge in [0.25, 0.3) is 0 Å². The first-order valence-electron chi connectivity index (χ1n) is 10.9. The van der Waals surface area contributed by atoms with Crippen LogP contribution in [-0.2, 0) is 4.79 Å². The van der Waals surface area contributed by atoms with Gasteiger partial charge in [0, 0.05) is 35.7 Å². The van der Waals surface area contributed by atoms with E-state index < -0.39 is 0 Å². The van der Waals surface area contributed by atoms with Gasteiger partial charge in [0.2, 0.25) is 5.91 Å². The molecule has 2 aliphatic rings. The normalized spacial score (nSPS) is 21.3. The van der Waals surface area contributed by atoms with Crippen LogP contribution in [-0.4, -0.2) is 40.0 Å². The summed E-state index contributed by atoms with van der Waals surface area (Å²) in [5, 5.41) is 9.74. The van der Waals surface area contributed by atoms with E-state index in [2.05, 4.69) is 22.5 Å². The molecule has 0 radical (unpaired) electrons. The number of halogens is 1. The molecule has 2 aliphatic heterocycles. The Bertz CT molecular complexity index is 1200. The van der Waals surface area contributed by atoms with Gasteiger partial charge in [0.1, 0.15) is 5.82 Å². The summed E-state index contributed by atoms with van der Waals surface area (Å²) in [6, 6.07) is 17.8. The molecule has 0 N–H and O–H groups in total. The minimum absolute atomic E-state index is 0.0857. The quantitative estimate of drug-likeness (QED) is 0.595. The van der Waals surface area contributed by atoms with E-state index in [0.29, 0.717) is 23.7 Å². The average Bonchev–Trinajstić information content (AvgIpc) is 3.20. The number of hydrogen-bond acceptors (Lipinski definition) is 4. The van der Waals surface area contributed by atoms with Crippen molar-refractivity contribution in [2.24, 2.45) is 0 Å². The highest BCUT2D eigenvalue weighted by Gasteiger charge is 2.37. The molecule has 1 saturated heterocycles. The fourth-order valence-corrected chi connectivity index (χ4v) is 5.19. The zero-order chi connectivity index (χ0) is 22.2. The number of aryl methyl sites for hydroxylation is 1. The topological polar surface area (TPSA) is 65.2 Å². The number of carbonyl (C=O) groups is 1. The molecule has 6 nitrogen and oxygen atoms in total. The molecule has 0 bridgehead atoms. The zero-order valence-electron chi connectivity index (χ0n) is 17.9. The summed E-state index contributed by atoms with van der Waals surface area (Å²) in [7, 11) is 0. The number of amides is 1. The number of aromatic nitrogens is 2. The number of carbonyl (C=O) groups excluding carboxylic acids is 1. The second-order valence-corrected chi connectivity index (χ2v) is 8.90. The van der Waals surface area contributed by atoms with Crippen molar-refractivity contribution < 1.29 is 4.79 Å². The van der Waals surface area contributed by atoms with Gasteiger partial charge in [-0.25, -0.2) is 4.98 Å². The van der Waals surface area contributed by atoms with Crippen LogP contribution in [0.5, 0.6) is 0 Å². The van der Waals surface area contributed by atoms with Crippen LogP contribution in [0.1, 0.15) is 47.6 Å². The third kappa shape index (κ3) is 3.68. The molecule has 162 valence electrons. The van der Waals surface area contributed by atoms with E-state index in [-0.39, 0.29) is 18.0 Å². The zero-order valence-corrected chi connectivity index (χ0v) is 18.7. The number of nitriles is 1. The maximum Gasteiger partial charge on any atom is 0.241 e. The molecule has 7 heteroatoms. The first kappa shape index (κ1) is 20.7. The maximum absolute atomic E-state index is 13.0. The lowest BCUT2D eigenvalue weighted by atomic mass is 9.92. The molecule has 1 aromatic heterocycles. The summed E-state index contributed by atoms with van der Waals surface area (Å²) >= 11 is 6.13. The Hall–Kier alpha value is -3.14. The smallest absolute Gasteiger partial charge is 0.241 e. The van der Waals surface area contributed by atoms with Gasteiger partial charge >= 0.3 is 0 Å². The van der Waals surface area contributed by atoms with Gasteiger partial charge in [-0.3, -0.25) is 9.69 Å². The molecule has 1 amide bonds. The van der Waals surface area contributed by atoms with Crippen molar-refractivity contribution in [2.45, 2.75) is 31.8 Å². The van der Waals surface area contributed by atoms with Gasteiger partial charge in [-0.15, -0.1) is 0 Å². The van der Waals surface area contributed by atoms with E-state index >= 15 is 0 Å². The van der Waals surface area contributed by atoms with E-state index in [4.69, 9.17) is 21.8 Å². The average molecular weight is 446 g/mol. The summed E-state index contributed by atoms with van der Waals surface area (Å²) in [4.78, 5) is 21.9. The molecule has 2 atom stereocenters. The molecule has 2 aromatic carbocycles. The van der Waals surface area contributed by atoms with Crippen molar-refractivity contribution in [2.75, 3.05) is 24.5 Å². The van der Waals surface area contributed by atoms with Crippen LogP contribution in [0, 0.1) is 18.3 Å². The first-order valence-corrected chi connectivity index (χ1v) is 11.3. The minimum Gasteiger partial charge on any atom is -0.324 e. The number of rotatable bonds is 3. The molecule has 0 aliphatic carbocycles. The van der Waals surface area contributed by atoms with Crippen molar-refractivity contribution in [3.8, 4) is 6.07 Å². The lowest BCUT2D eigenvalue weighted by Crippen LogP contribution is -2.52. The molecule has 0 unspecified atom stereocenters. The van der Waals surface area contributed by atoms with E-state index in [1.54, 1.807) is 0 Å². The third-order valence-electron chi connectivity index (χ3n) is 6.57. The molecule has 32 heavy (non-hydrogen) atoms. The van der Waals surface area contributed by atoms with Crippen LogP contribution >= 0.6 is 11.6 Å². The van der Waals surface area contributed by atoms with Gasteiger partial charge in [-0.05, 0) is 55.7 Å². The summed E-state index contributed by atoms with van der Waals surface area (Å²) < 4.78 is 2.31. The van der Waals surface area contributed by atoms with Crippen molar-refractivity contribution in [3.05, 3.63) is 82.4 Å². The second-order valence-electron chi connectivity index (χ2n) is 8.47. The Morgan fingerprint density at radius 2 is 1.88 bits per heavy atom. The van der Waals surface area contributed by atoms with Crippen molar-refractivity contribution in [1.82, 2.24) is 14.5 Å². The van der Waals surface area contributed by atoms with E-state index in [9.17, 15) is 4.79 Å². The van der Waals surface area contributed by atoms with Crippen molar-refractivity contribution in [1.29, 1.82) is 5.26 Å². The highest BCUT2D eigenvalue weighted by Crippen LogP contribution is 2.40. The fraction of sp³-hybridized carbons (Fsp3) is 0.320. The van der Waals surface area contributed by atoms with Gasteiger partial charge in [0.05, 0.1) is 30.3 Å². The van der Waals surface area contributed by atoms with Gasteiger partial charge in [0.15, 0.2) is 0 Å². The molecule has 0 spiro atoms. The van der Waals surface area contributed by atoms with Crippen LogP contribution in [0.25, 0.3) is 0 Å². The Morgan fingerprint density at radius 3 is 2.59 bits per heavy atom. The van der Waals surface area contributed by atoms with Crippen LogP contribution in [0.15, 0.2) is 54.7 Å². The van der Waals surface area contributed by atoms with Crippen LogP contribution < -0.4 is 4.90 Å². The Labute approximate surface area is 192 Å². The molecular formula is C25H24ClN5O.